The maximum absolute atomic E-state index is 5.98. The van der Waals surface area contributed by atoms with Gasteiger partial charge in [-0.3, -0.25) is 9.88 Å². The van der Waals surface area contributed by atoms with Crippen LogP contribution >= 0.6 is 0 Å². The van der Waals surface area contributed by atoms with Crippen molar-refractivity contribution in [2.45, 2.75) is 6.17 Å². The third kappa shape index (κ3) is 2.17. The second-order valence-electron chi connectivity index (χ2n) is 5.87. The Morgan fingerprint density at radius 1 is 1.04 bits per heavy atom. The molecule has 0 spiro atoms. The fourth-order valence-corrected chi connectivity index (χ4v) is 3.17. The van der Waals surface area contributed by atoms with E-state index in [1.54, 1.807) is 12.5 Å². The summed E-state index contributed by atoms with van der Waals surface area (Å²) >= 11 is 0. The molecule has 5 rings (SSSR count). The Labute approximate surface area is 143 Å². The zero-order chi connectivity index (χ0) is 16.8. The summed E-state index contributed by atoms with van der Waals surface area (Å²) < 4.78 is 4.03. The predicted octanol–water partition coefficient (Wildman–Crippen LogP) is 2.51. The summed E-state index contributed by atoms with van der Waals surface area (Å²) in [6, 6.07) is 16.2. The molecule has 0 radical (unpaired) electrons. The fourth-order valence-electron chi connectivity index (χ4n) is 3.17. The summed E-state index contributed by atoms with van der Waals surface area (Å²) in [7, 11) is 0. The fraction of sp³-hybridized carbons (Fsp3) is 0.0556. The van der Waals surface area contributed by atoms with Gasteiger partial charge in [0.1, 0.15) is 0 Å². The number of nitrogens with two attached hydrogens (primary N) is 1. The normalized spacial score (nSPS) is 16.3. The highest BCUT2D eigenvalue weighted by Gasteiger charge is 2.24. The first-order valence-corrected chi connectivity index (χ1v) is 7.95. The van der Waals surface area contributed by atoms with Gasteiger partial charge in [-0.25, -0.2) is 15.0 Å². The number of hydrogen-bond acceptors (Lipinski definition) is 5. The molecule has 7 nitrogen and oxygen atoms in total. The van der Waals surface area contributed by atoms with Crippen LogP contribution in [0.1, 0.15) is 11.7 Å². The van der Waals surface area contributed by atoms with E-state index in [1.165, 1.54) is 0 Å². The summed E-state index contributed by atoms with van der Waals surface area (Å²) in [6.07, 6.45) is 5.20. The zero-order valence-corrected chi connectivity index (χ0v) is 13.2. The number of nitrogens with one attached hydrogen (secondary N) is 1. The van der Waals surface area contributed by atoms with Crippen molar-refractivity contribution in [3.63, 3.8) is 0 Å². The Kier molecular flexibility index (Phi) is 2.87. The topological polar surface area (TPSA) is 86.0 Å². The van der Waals surface area contributed by atoms with E-state index in [2.05, 4.69) is 37.0 Å². The van der Waals surface area contributed by atoms with E-state index < -0.39 is 0 Å². The monoisotopic (exact) mass is 329 g/mol. The average Bonchev–Trinajstić information content (AvgIpc) is 3.28. The molecule has 2 aromatic heterocycles. The van der Waals surface area contributed by atoms with Crippen LogP contribution in [0.3, 0.4) is 0 Å². The number of imidazole rings is 2. The molecule has 25 heavy (non-hydrogen) atoms. The van der Waals surface area contributed by atoms with E-state index in [-0.39, 0.29) is 6.17 Å². The minimum Gasteiger partial charge on any atom is -0.370 e. The summed E-state index contributed by atoms with van der Waals surface area (Å²) in [5.74, 6) is 1.07. The number of anilines is 1. The first-order valence-electron chi connectivity index (χ1n) is 7.95. The highest BCUT2D eigenvalue weighted by Crippen LogP contribution is 2.32. The molecule has 0 bridgehead atoms. The average molecular weight is 329 g/mol. The molecule has 2 aromatic carbocycles. The van der Waals surface area contributed by atoms with Gasteiger partial charge in [-0.2, -0.15) is 0 Å². The maximum atomic E-state index is 5.98. The standard InChI is InChI=1S/C18H15N7/c19-17-22-16(12-5-7-13(8-6-12)24-10-9-20-11-24)25-15-4-2-1-3-14(15)21-18(25)23-17/h1-11,16H,(H3,19,21,22,23)/t16-/m0/s1. The first-order chi connectivity index (χ1) is 12.3. The van der Waals surface area contributed by atoms with Gasteiger partial charge < -0.3 is 10.3 Å². The number of hydrogen-bond donors (Lipinski definition) is 2. The molecule has 4 aromatic rings. The Morgan fingerprint density at radius 2 is 1.88 bits per heavy atom. The van der Waals surface area contributed by atoms with Crippen molar-refractivity contribution in [1.82, 2.24) is 19.1 Å². The largest absolute Gasteiger partial charge is 0.370 e. The van der Waals surface area contributed by atoms with Gasteiger partial charge in [0.2, 0.25) is 5.95 Å². The highest BCUT2D eigenvalue weighted by atomic mass is 15.4. The number of nitrogens with zero attached hydrogens (tertiary/aromatic N) is 5. The predicted molar refractivity (Wildman–Crippen MR) is 96.7 cm³/mol. The van der Waals surface area contributed by atoms with Gasteiger partial charge >= 0.3 is 0 Å². The van der Waals surface area contributed by atoms with Gasteiger partial charge in [0.25, 0.3) is 0 Å². The number of fused-ring (bicyclic) bond motifs is 3. The molecule has 1 aliphatic heterocycles. The van der Waals surface area contributed by atoms with Gasteiger partial charge in [-0.15, -0.1) is 0 Å². The molecule has 0 saturated heterocycles. The van der Waals surface area contributed by atoms with Crippen LogP contribution in [0.5, 0.6) is 0 Å². The molecule has 0 saturated carbocycles. The van der Waals surface area contributed by atoms with Crippen LogP contribution in [-0.4, -0.2) is 25.1 Å². The van der Waals surface area contributed by atoms with Crippen LogP contribution in [0.25, 0.3) is 16.7 Å². The number of aromatic nitrogens is 4. The Balaban J connectivity index is 1.63. The lowest BCUT2D eigenvalue weighted by molar-refractivity contribution is 0.626. The zero-order valence-electron chi connectivity index (χ0n) is 13.2. The first kappa shape index (κ1) is 13.8. The smallest absolute Gasteiger partial charge is 0.212 e. The molecule has 0 amide bonds. The minimum absolute atomic E-state index is 0.250. The molecule has 1 atom stereocenters. The van der Waals surface area contributed by atoms with Crippen LogP contribution in [-0.2, 0) is 0 Å². The summed E-state index contributed by atoms with van der Waals surface area (Å²) in [6.45, 7) is 0. The van der Waals surface area contributed by atoms with Gasteiger partial charge in [-0.05, 0) is 29.8 Å². The third-order valence-electron chi connectivity index (χ3n) is 4.34. The summed E-state index contributed by atoms with van der Waals surface area (Å²) in [5, 5.41) is 3.05. The van der Waals surface area contributed by atoms with Crippen molar-refractivity contribution in [3.05, 3.63) is 72.8 Å². The Morgan fingerprint density at radius 3 is 2.68 bits per heavy atom. The maximum Gasteiger partial charge on any atom is 0.212 e. The molecule has 122 valence electrons. The summed E-state index contributed by atoms with van der Waals surface area (Å²) in [4.78, 5) is 13.3. The third-order valence-corrected chi connectivity index (χ3v) is 4.34. The number of benzene rings is 2. The molecule has 0 aliphatic carbocycles. The van der Waals surface area contributed by atoms with E-state index in [4.69, 9.17) is 5.73 Å². The van der Waals surface area contributed by atoms with Crippen LogP contribution in [0, 0.1) is 0 Å². The summed E-state index contributed by atoms with van der Waals surface area (Å²) in [5.41, 5.74) is 9.99. The van der Waals surface area contributed by atoms with Gasteiger partial charge in [0, 0.05) is 18.1 Å². The van der Waals surface area contributed by atoms with Crippen LogP contribution in [0.2, 0.25) is 0 Å². The lowest BCUT2D eigenvalue weighted by Crippen LogP contribution is -2.31. The SMILES string of the molecule is NC1=N[C@H](c2ccc(-n3ccnc3)cc2)n2c(nc3ccccc32)N1. The van der Waals surface area contributed by atoms with Gasteiger partial charge in [-0.1, -0.05) is 24.3 Å². The number of para-hydroxylation sites is 2. The van der Waals surface area contributed by atoms with Crippen molar-refractivity contribution in [3.8, 4) is 5.69 Å². The Bertz CT molecular complexity index is 1070. The van der Waals surface area contributed by atoms with E-state index in [0.717, 1.165) is 22.3 Å². The minimum atomic E-state index is -0.250. The molecule has 3 N–H and O–H groups in total. The highest BCUT2D eigenvalue weighted by molar-refractivity contribution is 5.94. The van der Waals surface area contributed by atoms with Crippen LogP contribution < -0.4 is 11.1 Å². The molecule has 0 unspecified atom stereocenters. The van der Waals surface area contributed by atoms with E-state index in [0.29, 0.717) is 11.9 Å². The van der Waals surface area contributed by atoms with Crippen molar-refractivity contribution in [1.29, 1.82) is 0 Å². The van der Waals surface area contributed by atoms with Crippen molar-refractivity contribution in [2.24, 2.45) is 10.7 Å². The quantitative estimate of drug-likeness (QED) is 0.592. The second-order valence-corrected chi connectivity index (χ2v) is 5.87. The van der Waals surface area contributed by atoms with Crippen LogP contribution in [0.4, 0.5) is 5.95 Å². The van der Waals surface area contributed by atoms with E-state index in [9.17, 15) is 0 Å². The molecule has 7 heteroatoms. The van der Waals surface area contributed by atoms with Crippen molar-refractivity contribution >= 4 is 22.9 Å². The molecular weight excluding hydrogens is 314 g/mol. The number of aliphatic imine (C=N–C) groups is 1. The van der Waals surface area contributed by atoms with Crippen LogP contribution in [0.15, 0.2) is 72.2 Å². The van der Waals surface area contributed by atoms with Crippen molar-refractivity contribution in [2.75, 3.05) is 5.32 Å². The molecular formula is C18H15N7. The van der Waals surface area contributed by atoms with Gasteiger partial charge in [0.05, 0.1) is 17.4 Å². The molecule has 3 heterocycles. The Hall–Kier alpha value is -3.61. The number of rotatable bonds is 2. The second kappa shape index (κ2) is 5.20. The molecule has 1 aliphatic rings. The number of guanidine groups is 1. The van der Waals surface area contributed by atoms with E-state index >= 15 is 0 Å². The van der Waals surface area contributed by atoms with Crippen molar-refractivity contribution < 1.29 is 0 Å². The lowest BCUT2D eigenvalue weighted by Gasteiger charge is -2.24. The van der Waals surface area contributed by atoms with Gasteiger partial charge in [0.15, 0.2) is 12.1 Å². The van der Waals surface area contributed by atoms with E-state index in [1.807, 2.05) is 47.2 Å². The molecule has 0 fully saturated rings. The lowest BCUT2D eigenvalue weighted by atomic mass is 10.1.